The normalized spacial score (nSPS) is 10.6. The molecule has 0 fully saturated rings. The van der Waals surface area contributed by atoms with Crippen LogP contribution in [0.1, 0.15) is 129 Å². The molecule has 0 bridgehead atoms. The van der Waals surface area contributed by atoms with E-state index in [4.69, 9.17) is 0 Å². The highest BCUT2D eigenvalue weighted by molar-refractivity contribution is 5.75. The maximum absolute atomic E-state index is 2.30. The van der Waals surface area contributed by atoms with Crippen molar-refractivity contribution in [3.63, 3.8) is 0 Å². The fourth-order valence-corrected chi connectivity index (χ4v) is 2.97. The van der Waals surface area contributed by atoms with Gasteiger partial charge in [0.25, 0.3) is 0 Å². The summed E-state index contributed by atoms with van der Waals surface area (Å²) in [4.78, 5) is 0. The molecule has 0 saturated carbocycles. The zero-order valence-corrected chi connectivity index (χ0v) is 14.7. The van der Waals surface area contributed by atoms with Crippen LogP contribution in [-0.2, 0) is 0 Å². The molecular formula is C20H45Al. The van der Waals surface area contributed by atoms with E-state index in [1.807, 2.05) is 0 Å². The van der Waals surface area contributed by atoms with Crippen molar-refractivity contribution in [2.24, 2.45) is 0 Å². The van der Waals surface area contributed by atoms with E-state index in [2.05, 4.69) is 13.8 Å². The van der Waals surface area contributed by atoms with Crippen molar-refractivity contribution in [1.29, 1.82) is 0 Å². The van der Waals surface area contributed by atoms with E-state index in [1.165, 1.54) is 116 Å². The zero-order chi connectivity index (χ0) is 14.7. The highest BCUT2D eigenvalue weighted by Crippen LogP contribution is 2.14. The van der Waals surface area contributed by atoms with Crippen molar-refractivity contribution in [3.8, 4) is 0 Å². The molecule has 0 radical (unpaired) electrons. The third-order valence-corrected chi connectivity index (χ3v) is 4.46. The summed E-state index contributed by atoms with van der Waals surface area (Å²) in [7, 11) is 0. The average Bonchev–Trinajstić information content (AvgIpc) is 2.47. The first kappa shape index (κ1) is 23.8. The summed E-state index contributed by atoms with van der Waals surface area (Å²) >= 11 is 0. The lowest BCUT2D eigenvalue weighted by Crippen LogP contribution is -1.83. The number of rotatable bonds is 17. The van der Waals surface area contributed by atoms with Crippen LogP contribution >= 0.6 is 0 Å². The maximum atomic E-state index is 2.30. The third kappa shape index (κ3) is 22.9. The molecule has 0 aromatic heterocycles. The summed E-state index contributed by atoms with van der Waals surface area (Å²) in [5.74, 6) is 0. The Morgan fingerprint density at radius 3 is 0.571 bits per heavy atom. The van der Waals surface area contributed by atoms with Crippen molar-refractivity contribution in [2.45, 2.75) is 129 Å². The lowest BCUT2D eigenvalue weighted by Gasteiger charge is -2.03. The van der Waals surface area contributed by atoms with E-state index in [-0.39, 0.29) is 17.4 Å². The van der Waals surface area contributed by atoms with Crippen molar-refractivity contribution in [2.75, 3.05) is 0 Å². The molecule has 0 aliphatic carbocycles. The molecule has 0 aliphatic rings. The lowest BCUT2D eigenvalue weighted by atomic mass is 10.0. The summed E-state index contributed by atoms with van der Waals surface area (Å²) in [6.07, 6.45) is 26.4. The predicted octanol–water partition coefficient (Wildman–Crippen LogP) is 6.86. The Kier molecular flexibility index (Phi) is 25.8. The molecule has 0 aromatic carbocycles. The Balaban J connectivity index is 0. The Bertz CT molecular complexity index is 138. The fourth-order valence-electron chi connectivity index (χ4n) is 2.97. The van der Waals surface area contributed by atoms with Gasteiger partial charge in [-0.05, 0) is 0 Å². The minimum absolute atomic E-state index is 0. The molecule has 0 nitrogen and oxygen atoms in total. The molecule has 0 rings (SSSR count). The van der Waals surface area contributed by atoms with Gasteiger partial charge in [-0.2, -0.15) is 0 Å². The minimum atomic E-state index is 0. The molecule has 0 aromatic rings. The van der Waals surface area contributed by atoms with E-state index in [0.29, 0.717) is 0 Å². The van der Waals surface area contributed by atoms with Gasteiger partial charge in [0, 0.05) is 0 Å². The molecule has 0 aliphatic heterocycles. The molecule has 128 valence electrons. The van der Waals surface area contributed by atoms with Crippen LogP contribution in [0.15, 0.2) is 0 Å². The molecule has 0 unspecified atom stereocenters. The Morgan fingerprint density at radius 1 is 0.286 bits per heavy atom. The van der Waals surface area contributed by atoms with Crippen LogP contribution in [0.2, 0.25) is 0 Å². The fraction of sp³-hybridized carbons (Fsp3) is 1.00. The van der Waals surface area contributed by atoms with Gasteiger partial charge in [0.15, 0.2) is 17.4 Å². The van der Waals surface area contributed by atoms with Gasteiger partial charge in [0.05, 0.1) is 0 Å². The average molecular weight is 313 g/mol. The van der Waals surface area contributed by atoms with E-state index >= 15 is 0 Å². The van der Waals surface area contributed by atoms with Crippen LogP contribution < -0.4 is 0 Å². The molecule has 0 N–H and O–H groups in total. The highest BCUT2D eigenvalue weighted by atomic mass is 27.0. The lowest BCUT2D eigenvalue weighted by molar-refractivity contribution is 0.526. The Hall–Kier alpha value is 0.532. The molecule has 1 heteroatoms. The molecule has 0 saturated heterocycles. The van der Waals surface area contributed by atoms with Crippen LogP contribution in [0, 0.1) is 0 Å². The highest BCUT2D eigenvalue weighted by Gasteiger charge is 1.94. The molecule has 0 spiro atoms. The van der Waals surface area contributed by atoms with Crippen LogP contribution in [0.25, 0.3) is 0 Å². The zero-order valence-electron chi connectivity index (χ0n) is 14.7. The summed E-state index contributed by atoms with van der Waals surface area (Å²) in [5.41, 5.74) is 0. The minimum Gasteiger partial charge on any atom is -0.0654 e. The van der Waals surface area contributed by atoms with Crippen molar-refractivity contribution in [3.05, 3.63) is 0 Å². The summed E-state index contributed by atoms with van der Waals surface area (Å²) < 4.78 is 0. The van der Waals surface area contributed by atoms with Gasteiger partial charge in [-0.1, -0.05) is 129 Å². The van der Waals surface area contributed by atoms with Crippen molar-refractivity contribution < 1.29 is 0 Å². The van der Waals surface area contributed by atoms with Crippen LogP contribution in [-0.4, -0.2) is 17.4 Å². The van der Waals surface area contributed by atoms with Gasteiger partial charge in [-0.25, -0.2) is 0 Å². The maximum Gasteiger partial charge on any atom is 0.187 e. The molecule has 0 atom stereocenters. The smallest absolute Gasteiger partial charge is 0.0654 e. The van der Waals surface area contributed by atoms with Gasteiger partial charge in [-0.15, -0.1) is 0 Å². The second kappa shape index (κ2) is 22.8. The second-order valence-corrected chi connectivity index (χ2v) is 6.66. The first-order valence-corrected chi connectivity index (χ1v) is 9.91. The van der Waals surface area contributed by atoms with Gasteiger partial charge in [-0.3, -0.25) is 0 Å². The van der Waals surface area contributed by atoms with E-state index in [9.17, 15) is 0 Å². The molecular weight excluding hydrogens is 267 g/mol. The van der Waals surface area contributed by atoms with Crippen LogP contribution in [0.3, 0.4) is 0 Å². The van der Waals surface area contributed by atoms with Crippen molar-refractivity contribution >= 4 is 17.4 Å². The second-order valence-electron chi connectivity index (χ2n) is 6.66. The quantitative estimate of drug-likeness (QED) is 0.203. The van der Waals surface area contributed by atoms with Gasteiger partial charge >= 0.3 is 0 Å². The molecule has 21 heavy (non-hydrogen) atoms. The number of hydrogen-bond donors (Lipinski definition) is 0. The first-order valence-electron chi connectivity index (χ1n) is 9.91. The monoisotopic (exact) mass is 312 g/mol. The Morgan fingerprint density at radius 2 is 0.429 bits per heavy atom. The largest absolute Gasteiger partial charge is 0.187 e. The van der Waals surface area contributed by atoms with Gasteiger partial charge < -0.3 is 0 Å². The van der Waals surface area contributed by atoms with Crippen molar-refractivity contribution in [1.82, 2.24) is 0 Å². The Labute approximate surface area is 147 Å². The first-order chi connectivity index (χ1) is 9.91. The number of hydrogen-bond acceptors (Lipinski definition) is 0. The molecule has 0 heterocycles. The molecule has 0 amide bonds. The summed E-state index contributed by atoms with van der Waals surface area (Å²) in [6, 6.07) is 0. The van der Waals surface area contributed by atoms with E-state index in [0.717, 1.165) is 0 Å². The SMILES string of the molecule is CCCCCCCCCCCCCCCCCCCC.[AlH3]. The third-order valence-electron chi connectivity index (χ3n) is 4.46. The van der Waals surface area contributed by atoms with E-state index < -0.39 is 0 Å². The predicted molar refractivity (Wildman–Crippen MR) is 104 cm³/mol. The number of unbranched alkanes of at least 4 members (excludes halogenated alkanes) is 17. The summed E-state index contributed by atoms with van der Waals surface area (Å²) in [5, 5.41) is 0. The summed E-state index contributed by atoms with van der Waals surface area (Å²) in [6.45, 7) is 4.59. The standard InChI is InChI=1S/C20H42.Al.3H/c1-3-5-7-9-11-13-15-17-19-20-18-16-14-12-10-8-6-4-2;;;;/h3-20H2,1-2H3;;;;. The topological polar surface area (TPSA) is 0 Å². The van der Waals surface area contributed by atoms with E-state index in [1.54, 1.807) is 0 Å². The van der Waals surface area contributed by atoms with Gasteiger partial charge in [0.2, 0.25) is 0 Å². The van der Waals surface area contributed by atoms with Gasteiger partial charge in [0.1, 0.15) is 0 Å². The van der Waals surface area contributed by atoms with Crippen LogP contribution in [0.4, 0.5) is 0 Å². The van der Waals surface area contributed by atoms with Crippen LogP contribution in [0.5, 0.6) is 0 Å².